The summed E-state index contributed by atoms with van der Waals surface area (Å²) in [5.41, 5.74) is 3.62. The molecule has 0 unspecified atom stereocenters. The number of methoxy groups -OCH3 is 2. The first-order valence-corrected chi connectivity index (χ1v) is 12.6. The van der Waals surface area contributed by atoms with Crippen molar-refractivity contribution in [3.8, 4) is 28.9 Å². The van der Waals surface area contributed by atoms with Crippen molar-refractivity contribution in [1.82, 2.24) is 19.6 Å². The molecule has 0 saturated carbocycles. The minimum Gasteiger partial charge on any atom is -0.497 e. The van der Waals surface area contributed by atoms with E-state index >= 15 is 0 Å². The smallest absolute Gasteiger partial charge is 0.228 e. The van der Waals surface area contributed by atoms with E-state index in [-0.39, 0.29) is 12.5 Å². The Balaban J connectivity index is 1.36. The van der Waals surface area contributed by atoms with Crippen LogP contribution >= 0.6 is 0 Å². The zero-order chi connectivity index (χ0) is 26.3. The number of hydrogen-bond donors (Lipinski definition) is 0. The summed E-state index contributed by atoms with van der Waals surface area (Å²) in [6.45, 7) is 0.173. The molecule has 0 fully saturated rings. The van der Waals surface area contributed by atoms with Crippen LogP contribution in [0, 0.1) is 0 Å². The van der Waals surface area contributed by atoms with Crippen molar-refractivity contribution in [3.63, 3.8) is 0 Å². The molecule has 0 spiro atoms. The van der Waals surface area contributed by atoms with Crippen LogP contribution in [0.25, 0.3) is 16.4 Å². The van der Waals surface area contributed by atoms with E-state index in [4.69, 9.17) is 23.9 Å². The van der Waals surface area contributed by atoms with Crippen LogP contribution in [0.2, 0.25) is 0 Å². The summed E-state index contributed by atoms with van der Waals surface area (Å²) in [5.74, 6) is 3.72. The molecule has 0 bridgehead atoms. The highest BCUT2D eigenvalue weighted by molar-refractivity contribution is 5.91. The van der Waals surface area contributed by atoms with Crippen molar-refractivity contribution in [2.75, 3.05) is 14.2 Å². The maximum atomic E-state index is 6.50. The molecule has 3 heterocycles. The molecular weight excluding hydrogens is 492 g/mol. The van der Waals surface area contributed by atoms with Crippen LogP contribution in [0.15, 0.2) is 91.3 Å². The van der Waals surface area contributed by atoms with Crippen molar-refractivity contribution in [1.29, 1.82) is 0 Å². The van der Waals surface area contributed by atoms with Gasteiger partial charge in [-0.05, 0) is 35.2 Å². The monoisotopic (exact) mass is 516 g/mol. The Bertz CT molecular complexity index is 1830. The Morgan fingerprint density at radius 2 is 1.64 bits per heavy atom. The fourth-order valence-corrected chi connectivity index (χ4v) is 5.18. The van der Waals surface area contributed by atoms with Gasteiger partial charge in [-0.15, -0.1) is 5.10 Å². The van der Waals surface area contributed by atoms with Gasteiger partial charge in [-0.3, -0.25) is 0 Å². The van der Waals surface area contributed by atoms with Crippen molar-refractivity contribution >= 4 is 16.4 Å². The second-order valence-corrected chi connectivity index (χ2v) is 9.21. The van der Waals surface area contributed by atoms with Gasteiger partial charge >= 0.3 is 0 Å². The van der Waals surface area contributed by atoms with E-state index in [1.54, 1.807) is 25.1 Å². The van der Waals surface area contributed by atoms with E-state index in [1.165, 1.54) is 0 Å². The fraction of sp³-hybridized carbons (Fsp3) is 0.129. The number of benzene rings is 4. The Morgan fingerprint density at radius 1 is 0.846 bits per heavy atom. The van der Waals surface area contributed by atoms with Gasteiger partial charge in [-0.25, -0.2) is 14.5 Å². The molecule has 192 valence electrons. The summed E-state index contributed by atoms with van der Waals surface area (Å²) in [5, 5.41) is 6.79. The molecule has 0 aliphatic carbocycles. The highest BCUT2D eigenvalue weighted by Gasteiger charge is 2.34. The first-order valence-electron chi connectivity index (χ1n) is 12.6. The molecule has 0 amide bonds. The summed E-state index contributed by atoms with van der Waals surface area (Å²) in [4.78, 5) is 9.56. The molecule has 0 N–H and O–H groups in total. The van der Waals surface area contributed by atoms with E-state index in [0.29, 0.717) is 28.9 Å². The number of hydrogen-bond acceptors (Lipinski definition) is 7. The summed E-state index contributed by atoms with van der Waals surface area (Å²) in [7, 11) is 3.28. The van der Waals surface area contributed by atoms with E-state index in [1.807, 2.05) is 48.5 Å². The molecule has 4 aromatic carbocycles. The summed E-state index contributed by atoms with van der Waals surface area (Å²) in [6.07, 6.45) is 1.63. The number of aromatic nitrogens is 4. The average Bonchev–Trinajstić information content (AvgIpc) is 3.42. The van der Waals surface area contributed by atoms with Gasteiger partial charge in [0.25, 0.3) is 0 Å². The largest absolute Gasteiger partial charge is 0.497 e. The molecule has 1 aliphatic heterocycles. The molecule has 0 radical (unpaired) electrons. The van der Waals surface area contributed by atoms with Gasteiger partial charge in [0.2, 0.25) is 5.88 Å². The number of para-hydroxylation sites is 2. The standard InChI is InChI=1S/C31H24N4O4/c1-36-21-14-11-20(12-15-21)27-23-16-13-19-7-3-4-8-22(19)29(23)39-31-28(27)30-33-26(34-35(30)18-32-31)17-38-25-10-6-5-9-24(25)37-2/h3-16,18,27H,17H2,1-2H3/t27-/m1/s1. The van der Waals surface area contributed by atoms with Crippen LogP contribution in [-0.2, 0) is 6.61 Å². The summed E-state index contributed by atoms with van der Waals surface area (Å²) >= 11 is 0. The van der Waals surface area contributed by atoms with E-state index < -0.39 is 0 Å². The maximum Gasteiger partial charge on any atom is 0.228 e. The Hall–Kier alpha value is -5.11. The molecule has 1 aliphatic rings. The van der Waals surface area contributed by atoms with E-state index in [9.17, 15) is 0 Å². The van der Waals surface area contributed by atoms with Gasteiger partial charge in [0.15, 0.2) is 23.0 Å². The normalized spacial score (nSPS) is 13.9. The topological polar surface area (TPSA) is 80.0 Å². The van der Waals surface area contributed by atoms with E-state index in [2.05, 4.69) is 46.5 Å². The number of fused-ring (bicyclic) bond motifs is 6. The highest BCUT2D eigenvalue weighted by atomic mass is 16.5. The highest BCUT2D eigenvalue weighted by Crippen LogP contribution is 2.50. The zero-order valence-corrected chi connectivity index (χ0v) is 21.4. The molecule has 7 rings (SSSR count). The van der Waals surface area contributed by atoms with E-state index in [0.717, 1.165) is 39.0 Å². The number of rotatable bonds is 6. The number of nitrogens with zero attached hydrogens (tertiary/aromatic N) is 4. The summed E-state index contributed by atoms with van der Waals surface area (Å²) in [6, 6.07) is 28.0. The van der Waals surface area contributed by atoms with Crippen molar-refractivity contribution in [3.05, 3.63) is 114 Å². The lowest BCUT2D eigenvalue weighted by Crippen LogP contribution is -2.15. The van der Waals surface area contributed by atoms with Crippen molar-refractivity contribution < 1.29 is 18.9 Å². The van der Waals surface area contributed by atoms with Gasteiger partial charge < -0.3 is 18.9 Å². The fourth-order valence-electron chi connectivity index (χ4n) is 5.18. The van der Waals surface area contributed by atoms with Gasteiger partial charge in [0.05, 0.1) is 19.8 Å². The average molecular weight is 517 g/mol. The third-order valence-corrected chi connectivity index (χ3v) is 7.01. The lowest BCUT2D eigenvalue weighted by atomic mass is 9.83. The summed E-state index contributed by atoms with van der Waals surface area (Å²) < 4.78 is 25.0. The molecule has 8 nitrogen and oxygen atoms in total. The SMILES string of the molecule is COc1ccc([C@@H]2c3ccc4ccccc4c3Oc3ncn4nc(COc5ccccc5OC)nc4c32)cc1. The lowest BCUT2D eigenvalue weighted by Gasteiger charge is -2.28. The van der Waals surface area contributed by atoms with Crippen molar-refractivity contribution in [2.45, 2.75) is 12.5 Å². The van der Waals surface area contributed by atoms with Gasteiger partial charge in [0, 0.05) is 16.9 Å². The van der Waals surface area contributed by atoms with Crippen LogP contribution in [0.3, 0.4) is 0 Å². The minimum atomic E-state index is -0.178. The Morgan fingerprint density at radius 3 is 2.46 bits per heavy atom. The number of ether oxygens (including phenoxy) is 4. The molecule has 39 heavy (non-hydrogen) atoms. The first kappa shape index (κ1) is 23.0. The second kappa shape index (κ2) is 9.33. The van der Waals surface area contributed by atoms with Crippen LogP contribution in [0.4, 0.5) is 0 Å². The predicted octanol–water partition coefficient (Wildman–Crippen LogP) is 6.16. The Labute approximate surface area is 224 Å². The van der Waals surface area contributed by atoms with Crippen LogP contribution < -0.4 is 18.9 Å². The van der Waals surface area contributed by atoms with Gasteiger partial charge in [0.1, 0.15) is 24.4 Å². The quantitative estimate of drug-likeness (QED) is 0.262. The minimum absolute atomic E-state index is 0.173. The van der Waals surface area contributed by atoms with Crippen LogP contribution in [0.1, 0.15) is 28.4 Å². The van der Waals surface area contributed by atoms with Gasteiger partial charge in [-0.1, -0.05) is 60.7 Å². The van der Waals surface area contributed by atoms with Crippen LogP contribution in [-0.4, -0.2) is 33.8 Å². The molecule has 6 aromatic rings. The predicted molar refractivity (Wildman–Crippen MR) is 146 cm³/mol. The Kier molecular flexibility index (Phi) is 5.51. The molecule has 2 aromatic heterocycles. The zero-order valence-electron chi connectivity index (χ0n) is 21.4. The van der Waals surface area contributed by atoms with Crippen LogP contribution in [0.5, 0.6) is 28.9 Å². The lowest BCUT2D eigenvalue weighted by molar-refractivity contribution is 0.276. The third-order valence-electron chi connectivity index (χ3n) is 7.01. The molecule has 0 saturated heterocycles. The third kappa shape index (κ3) is 3.88. The molecule has 8 heteroatoms. The second-order valence-electron chi connectivity index (χ2n) is 9.21. The molecule has 1 atom stereocenters. The first-order chi connectivity index (χ1) is 19.2. The van der Waals surface area contributed by atoms with Crippen molar-refractivity contribution in [2.24, 2.45) is 0 Å². The molecular formula is C31H24N4O4. The maximum absolute atomic E-state index is 6.50. The van der Waals surface area contributed by atoms with Gasteiger partial charge in [-0.2, -0.15) is 0 Å².